The van der Waals surface area contributed by atoms with Gasteiger partial charge in [0.15, 0.2) is 0 Å². The number of aliphatic hydroxyl groups is 1. The maximum atomic E-state index is 8.65. The smallest absolute Gasteiger partial charge is 0.102 e. The predicted octanol–water partition coefficient (Wildman–Crippen LogP) is 0.684. The summed E-state index contributed by atoms with van der Waals surface area (Å²) < 4.78 is 0.864. The Morgan fingerprint density at radius 1 is 1.30 bits per heavy atom. The summed E-state index contributed by atoms with van der Waals surface area (Å²) in [7, 11) is 4.20. The highest BCUT2D eigenvalue weighted by Crippen LogP contribution is 1.98. The van der Waals surface area contributed by atoms with E-state index < -0.39 is 0 Å². The Balaban J connectivity index is 3.42. The average molecular weight is 167 g/mol. The normalized spacial score (nSPS) is 12.0. The summed E-state index contributed by atoms with van der Waals surface area (Å²) in [6.07, 6.45) is 1.02. The number of rotatable bonds is 5. The maximum absolute atomic E-state index is 8.65. The number of hydrogen-bond acceptors (Lipinski definition) is 1. The quantitative estimate of drug-likeness (QED) is 0.471. The molecule has 0 atom stereocenters. The van der Waals surface area contributed by atoms with E-state index in [-0.39, 0.29) is 6.61 Å². The fourth-order valence-corrected chi connectivity index (χ4v) is 0.990. The van der Waals surface area contributed by atoms with Gasteiger partial charge in [0, 0.05) is 12.3 Å². The number of quaternary nitrogens is 1. The van der Waals surface area contributed by atoms with Crippen LogP contribution in [0.4, 0.5) is 0 Å². The van der Waals surface area contributed by atoms with Crippen LogP contribution >= 0.6 is 11.6 Å². The van der Waals surface area contributed by atoms with Crippen molar-refractivity contribution in [2.75, 3.05) is 39.7 Å². The highest BCUT2D eigenvalue weighted by molar-refractivity contribution is 6.17. The van der Waals surface area contributed by atoms with Gasteiger partial charge < -0.3 is 9.59 Å². The second-order valence-electron chi connectivity index (χ2n) is 3.15. The summed E-state index contributed by atoms with van der Waals surface area (Å²) >= 11 is 5.54. The third-order valence-corrected chi connectivity index (χ3v) is 1.87. The van der Waals surface area contributed by atoms with Crippen LogP contribution in [0.1, 0.15) is 6.42 Å². The Morgan fingerprint density at radius 2 is 1.90 bits per heavy atom. The van der Waals surface area contributed by atoms with Gasteiger partial charge >= 0.3 is 0 Å². The zero-order valence-corrected chi connectivity index (χ0v) is 7.56. The minimum atomic E-state index is 0.259. The van der Waals surface area contributed by atoms with Gasteiger partial charge in [-0.2, -0.15) is 0 Å². The van der Waals surface area contributed by atoms with E-state index in [0.29, 0.717) is 5.88 Å². The third kappa shape index (κ3) is 5.03. The second kappa shape index (κ2) is 4.94. The topological polar surface area (TPSA) is 20.2 Å². The summed E-state index contributed by atoms with van der Waals surface area (Å²) in [4.78, 5) is 0. The van der Waals surface area contributed by atoms with Crippen LogP contribution in [-0.2, 0) is 0 Å². The molecule has 0 bridgehead atoms. The Morgan fingerprint density at radius 3 is 2.30 bits per heavy atom. The molecule has 3 heteroatoms. The van der Waals surface area contributed by atoms with E-state index in [1.807, 2.05) is 0 Å². The second-order valence-corrected chi connectivity index (χ2v) is 3.53. The van der Waals surface area contributed by atoms with Crippen molar-refractivity contribution in [3.05, 3.63) is 0 Å². The lowest BCUT2D eigenvalue weighted by Gasteiger charge is -2.28. The molecule has 0 saturated heterocycles. The van der Waals surface area contributed by atoms with Gasteiger partial charge in [0.2, 0.25) is 0 Å². The SMILES string of the molecule is C[N+](C)(CCO)CCCCl. The minimum absolute atomic E-state index is 0.259. The highest BCUT2D eigenvalue weighted by atomic mass is 35.5. The number of likely N-dealkylation sites (N-methyl/N-ethyl adjacent to an activating group) is 1. The largest absolute Gasteiger partial charge is 0.391 e. The van der Waals surface area contributed by atoms with Crippen LogP contribution in [0.25, 0.3) is 0 Å². The summed E-state index contributed by atoms with van der Waals surface area (Å²) in [5, 5.41) is 8.65. The van der Waals surface area contributed by atoms with E-state index >= 15 is 0 Å². The molecule has 0 fully saturated rings. The first kappa shape index (κ1) is 10.2. The predicted molar refractivity (Wildman–Crippen MR) is 44.3 cm³/mol. The van der Waals surface area contributed by atoms with Gasteiger partial charge in [-0.25, -0.2) is 0 Å². The Labute approximate surface area is 68.0 Å². The zero-order valence-electron chi connectivity index (χ0n) is 6.81. The van der Waals surface area contributed by atoms with Crippen LogP contribution < -0.4 is 0 Å². The van der Waals surface area contributed by atoms with E-state index in [9.17, 15) is 0 Å². The molecule has 0 radical (unpaired) electrons. The van der Waals surface area contributed by atoms with Crippen LogP contribution in [0.3, 0.4) is 0 Å². The molecule has 0 spiro atoms. The standard InChI is InChI=1S/C7H17ClNO/c1-9(2,6-7-10)5-3-4-8/h10H,3-7H2,1-2H3/q+1. The fraction of sp³-hybridized carbons (Fsp3) is 1.00. The monoisotopic (exact) mass is 166 g/mol. The third-order valence-electron chi connectivity index (χ3n) is 1.60. The van der Waals surface area contributed by atoms with Crippen LogP contribution in [0.2, 0.25) is 0 Å². The van der Waals surface area contributed by atoms with Crippen molar-refractivity contribution < 1.29 is 9.59 Å². The van der Waals surface area contributed by atoms with Crippen LogP contribution in [0, 0.1) is 0 Å². The molecular formula is C7H17ClNO+. The molecule has 0 saturated carbocycles. The molecule has 0 heterocycles. The molecule has 10 heavy (non-hydrogen) atoms. The van der Waals surface area contributed by atoms with Gasteiger partial charge in [-0.3, -0.25) is 0 Å². The number of halogens is 1. The van der Waals surface area contributed by atoms with Crippen molar-refractivity contribution in [1.29, 1.82) is 0 Å². The molecule has 0 aromatic heterocycles. The number of alkyl halides is 1. The lowest BCUT2D eigenvalue weighted by atomic mass is 10.4. The van der Waals surface area contributed by atoms with Crippen LogP contribution in [0.15, 0.2) is 0 Å². The minimum Gasteiger partial charge on any atom is -0.391 e. The molecule has 62 valence electrons. The van der Waals surface area contributed by atoms with Gasteiger partial charge in [0.1, 0.15) is 6.54 Å². The molecule has 0 aromatic rings. The summed E-state index contributed by atoms with van der Waals surface area (Å²) in [6.45, 7) is 2.12. The van der Waals surface area contributed by atoms with E-state index in [1.54, 1.807) is 0 Å². The van der Waals surface area contributed by atoms with Gasteiger partial charge in [-0.05, 0) is 0 Å². The Bertz CT molecular complexity index is 85.7. The van der Waals surface area contributed by atoms with E-state index in [2.05, 4.69) is 14.1 Å². The summed E-state index contributed by atoms with van der Waals surface area (Å²) in [5.74, 6) is 0.715. The molecule has 0 amide bonds. The molecule has 1 N–H and O–H groups in total. The van der Waals surface area contributed by atoms with Gasteiger partial charge in [0.05, 0.1) is 27.2 Å². The van der Waals surface area contributed by atoms with Crippen molar-refractivity contribution in [2.45, 2.75) is 6.42 Å². The molecule has 0 aliphatic carbocycles. The van der Waals surface area contributed by atoms with E-state index in [1.165, 1.54) is 0 Å². The Hall–Kier alpha value is 0.210. The highest BCUT2D eigenvalue weighted by Gasteiger charge is 2.11. The molecular weight excluding hydrogens is 150 g/mol. The van der Waals surface area contributed by atoms with E-state index in [0.717, 1.165) is 24.0 Å². The number of hydrogen-bond donors (Lipinski definition) is 1. The molecule has 2 nitrogen and oxygen atoms in total. The van der Waals surface area contributed by atoms with E-state index in [4.69, 9.17) is 16.7 Å². The van der Waals surface area contributed by atoms with Gasteiger partial charge in [-0.15, -0.1) is 11.6 Å². The Kier molecular flexibility index (Phi) is 5.04. The van der Waals surface area contributed by atoms with Crippen molar-refractivity contribution in [2.24, 2.45) is 0 Å². The van der Waals surface area contributed by atoms with Crippen LogP contribution in [-0.4, -0.2) is 49.3 Å². The van der Waals surface area contributed by atoms with Crippen molar-refractivity contribution in [3.63, 3.8) is 0 Å². The fourth-order valence-electron chi connectivity index (χ4n) is 0.870. The maximum Gasteiger partial charge on any atom is 0.102 e. The molecule has 0 aliphatic rings. The van der Waals surface area contributed by atoms with Crippen molar-refractivity contribution >= 4 is 11.6 Å². The first-order valence-electron chi connectivity index (χ1n) is 3.61. The molecule has 0 rings (SSSR count). The lowest BCUT2D eigenvalue weighted by molar-refractivity contribution is -0.890. The number of aliphatic hydroxyl groups excluding tert-OH is 1. The first-order chi connectivity index (χ1) is 4.62. The zero-order chi connectivity index (χ0) is 8.04. The number of nitrogens with zero attached hydrogens (tertiary/aromatic N) is 1. The average Bonchev–Trinajstić information content (AvgIpc) is 1.84. The summed E-state index contributed by atoms with van der Waals surface area (Å²) in [6, 6.07) is 0. The molecule has 0 aromatic carbocycles. The van der Waals surface area contributed by atoms with Gasteiger partial charge in [-0.1, -0.05) is 0 Å². The lowest BCUT2D eigenvalue weighted by Crippen LogP contribution is -2.42. The molecule has 0 aliphatic heterocycles. The summed E-state index contributed by atoms with van der Waals surface area (Å²) in [5.41, 5.74) is 0. The molecule has 0 unspecified atom stereocenters. The van der Waals surface area contributed by atoms with Crippen molar-refractivity contribution in [3.8, 4) is 0 Å². The first-order valence-corrected chi connectivity index (χ1v) is 4.14. The van der Waals surface area contributed by atoms with Gasteiger partial charge in [0.25, 0.3) is 0 Å². The van der Waals surface area contributed by atoms with Crippen LogP contribution in [0.5, 0.6) is 0 Å². The van der Waals surface area contributed by atoms with Crippen molar-refractivity contribution in [1.82, 2.24) is 0 Å².